The number of benzene rings is 1. The minimum atomic E-state index is -2.67. The Balaban J connectivity index is 1.93. The van der Waals surface area contributed by atoms with Crippen molar-refractivity contribution in [3.8, 4) is 11.5 Å². The average molecular weight is 586 g/mol. The lowest BCUT2D eigenvalue weighted by Crippen LogP contribution is -2.65. The lowest BCUT2D eigenvalue weighted by molar-refractivity contribution is -0.153. The summed E-state index contributed by atoms with van der Waals surface area (Å²) in [5.74, 6) is -5.84. The summed E-state index contributed by atoms with van der Waals surface area (Å²) in [7, 11) is 3.14. The number of phenolic OH excluding ortho intramolecular Hbond substituents is 1. The number of ether oxygens (including phenoxy) is 1. The number of nitrogens with zero attached hydrogens (tertiary/aromatic N) is 2. The molecule has 11 nitrogen and oxygen atoms in total. The van der Waals surface area contributed by atoms with Gasteiger partial charge in [0.15, 0.2) is 11.4 Å². The molecular weight excluding hydrogens is 542 g/mol. The molecule has 3 aliphatic carbocycles. The van der Waals surface area contributed by atoms with E-state index in [-0.39, 0.29) is 35.8 Å². The Morgan fingerprint density at radius 3 is 2.33 bits per heavy atom. The molecule has 0 saturated heterocycles. The Bertz CT molecular complexity index is 1380. The third-order valence-electron chi connectivity index (χ3n) is 8.57. The van der Waals surface area contributed by atoms with Crippen molar-refractivity contribution < 1.29 is 39.5 Å². The number of carbonyl (C=O) groups excluding carboxylic acids is 3. The van der Waals surface area contributed by atoms with Gasteiger partial charge >= 0.3 is 0 Å². The molecule has 0 radical (unpaired) electrons. The quantitative estimate of drug-likeness (QED) is 0.270. The Labute approximate surface area is 246 Å². The second-order valence-electron chi connectivity index (χ2n) is 12.6. The first-order chi connectivity index (χ1) is 19.6. The molecule has 1 fully saturated rings. The Kier molecular flexibility index (Phi) is 8.52. The van der Waals surface area contributed by atoms with E-state index in [1.807, 2.05) is 13.8 Å². The summed E-state index contributed by atoms with van der Waals surface area (Å²) >= 11 is 0. The second-order valence-corrected chi connectivity index (χ2v) is 12.6. The number of aliphatic hydroxyl groups is 3. The van der Waals surface area contributed by atoms with Crippen LogP contribution in [0, 0.1) is 17.8 Å². The number of hydrogen-bond acceptors (Lipinski definition) is 10. The van der Waals surface area contributed by atoms with Crippen LogP contribution < -0.4 is 10.5 Å². The molecule has 3 aliphatic rings. The number of primary amides is 1. The molecule has 0 spiro atoms. The third-order valence-corrected chi connectivity index (χ3v) is 8.57. The first-order valence-corrected chi connectivity index (χ1v) is 14.5. The molecule has 0 heterocycles. The molecule has 0 unspecified atom stereocenters. The fourth-order valence-corrected chi connectivity index (χ4v) is 6.92. The highest BCUT2D eigenvalue weighted by Gasteiger charge is 2.64. The van der Waals surface area contributed by atoms with Gasteiger partial charge in [0.2, 0.25) is 5.78 Å². The molecule has 230 valence electrons. The van der Waals surface area contributed by atoms with Crippen LogP contribution in [0.2, 0.25) is 0 Å². The minimum absolute atomic E-state index is 0.0201. The SMILES string of the molecule is CCN(Cc1cc(O)c2c(c1OC(C)C)C[C@H]1C[C@H]3[C@H](N(C)C)C(=O)C(C(N)=O)=C(O)[C@@]3(O)C(=O)C1=C2O)CC(C)C. The van der Waals surface area contributed by atoms with E-state index in [0.29, 0.717) is 23.8 Å². The van der Waals surface area contributed by atoms with Crippen LogP contribution in [0.1, 0.15) is 57.7 Å². The van der Waals surface area contributed by atoms with Crippen molar-refractivity contribution in [2.45, 2.75) is 71.8 Å². The van der Waals surface area contributed by atoms with Crippen molar-refractivity contribution in [1.29, 1.82) is 0 Å². The molecule has 0 aliphatic heterocycles. The molecule has 11 heteroatoms. The lowest BCUT2D eigenvalue weighted by atomic mass is 9.57. The van der Waals surface area contributed by atoms with E-state index in [4.69, 9.17) is 10.5 Å². The fraction of sp³-hybridized carbons (Fsp3) is 0.581. The number of nitrogens with two attached hydrogens (primary N) is 1. The third kappa shape index (κ3) is 4.97. The number of aromatic hydroxyl groups is 1. The number of Topliss-reactive ketones (excluding diaryl/α,β-unsaturated/α-hetero) is 2. The number of hydrogen-bond donors (Lipinski definition) is 5. The summed E-state index contributed by atoms with van der Waals surface area (Å²) in [5.41, 5.74) is 3.00. The van der Waals surface area contributed by atoms with Crippen molar-refractivity contribution >= 4 is 23.2 Å². The molecule has 1 saturated carbocycles. The maximum atomic E-state index is 14.1. The maximum absolute atomic E-state index is 14.1. The topological polar surface area (TPSA) is 174 Å². The van der Waals surface area contributed by atoms with Gasteiger partial charge in [-0.25, -0.2) is 0 Å². The van der Waals surface area contributed by atoms with Crippen LogP contribution in [-0.4, -0.2) is 92.6 Å². The van der Waals surface area contributed by atoms with Gasteiger partial charge in [-0.1, -0.05) is 20.8 Å². The summed E-state index contributed by atoms with van der Waals surface area (Å²) in [4.78, 5) is 43.3. The zero-order chi connectivity index (χ0) is 31.4. The van der Waals surface area contributed by atoms with Crippen molar-refractivity contribution in [3.63, 3.8) is 0 Å². The van der Waals surface area contributed by atoms with Gasteiger partial charge in [-0.05, 0) is 65.2 Å². The summed E-state index contributed by atoms with van der Waals surface area (Å²) in [5, 5.41) is 45.6. The maximum Gasteiger partial charge on any atom is 0.255 e. The summed E-state index contributed by atoms with van der Waals surface area (Å²) in [6.07, 6.45) is -0.0350. The van der Waals surface area contributed by atoms with E-state index in [1.54, 1.807) is 14.1 Å². The monoisotopic (exact) mass is 585 g/mol. The van der Waals surface area contributed by atoms with E-state index < -0.39 is 58.0 Å². The number of amides is 1. The summed E-state index contributed by atoms with van der Waals surface area (Å²) < 4.78 is 6.30. The van der Waals surface area contributed by atoms with Gasteiger partial charge in [-0.3, -0.25) is 24.2 Å². The molecule has 4 rings (SSSR count). The zero-order valence-electron chi connectivity index (χ0n) is 25.4. The molecule has 42 heavy (non-hydrogen) atoms. The standard InChI is InChI=1S/C31H43N3O8/c1-8-34(12-14(2)3)13-17-11-20(35)22-18(27(17)42-15(4)5)9-16-10-19-24(33(6)7)26(37)23(30(32)40)29(39)31(19,41)28(38)21(16)25(22)36/h11,14-16,19,24,35-36,39,41H,8-10,12-13H2,1-7H3,(H2,32,40)/t16-,19-,24-,31-/m0/s1. The van der Waals surface area contributed by atoms with Crippen LogP contribution in [0.5, 0.6) is 11.5 Å². The van der Waals surface area contributed by atoms with Gasteiger partial charge in [-0.2, -0.15) is 0 Å². The second kappa shape index (κ2) is 11.3. The molecular formula is C31H43N3O8. The van der Waals surface area contributed by atoms with E-state index in [9.17, 15) is 34.8 Å². The van der Waals surface area contributed by atoms with Crippen LogP contribution >= 0.6 is 0 Å². The number of fused-ring (bicyclic) bond motifs is 3. The van der Waals surface area contributed by atoms with E-state index >= 15 is 0 Å². The number of phenols is 1. The first-order valence-electron chi connectivity index (χ1n) is 14.5. The zero-order valence-corrected chi connectivity index (χ0v) is 25.4. The Hall–Kier alpha value is -3.41. The highest BCUT2D eigenvalue weighted by molar-refractivity contribution is 6.24. The number of rotatable bonds is 9. The Morgan fingerprint density at radius 1 is 1.17 bits per heavy atom. The smallest absolute Gasteiger partial charge is 0.255 e. The van der Waals surface area contributed by atoms with Gasteiger partial charge in [0.1, 0.15) is 28.6 Å². The van der Waals surface area contributed by atoms with Crippen molar-refractivity contribution in [2.75, 3.05) is 27.2 Å². The van der Waals surface area contributed by atoms with Crippen LogP contribution in [0.15, 0.2) is 23.0 Å². The molecule has 1 amide bonds. The lowest BCUT2D eigenvalue weighted by Gasteiger charge is -2.50. The highest BCUT2D eigenvalue weighted by atomic mass is 16.5. The fourth-order valence-electron chi connectivity index (χ4n) is 6.92. The number of ketones is 2. The Morgan fingerprint density at radius 2 is 1.81 bits per heavy atom. The van der Waals surface area contributed by atoms with E-state index in [0.717, 1.165) is 18.7 Å². The number of aliphatic hydroxyl groups excluding tert-OH is 2. The highest BCUT2D eigenvalue weighted by Crippen LogP contribution is 2.54. The van der Waals surface area contributed by atoms with E-state index in [2.05, 4.69) is 25.7 Å². The van der Waals surface area contributed by atoms with Crippen molar-refractivity contribution in [3.05, 3.63) is 39.7 Å². The van der Waals surface area contributed by atoms with Crippen molar-refractivity contribution in [2.24, 2.45) is 23.5 Å². The largest absolute Gasteiger partial charge is 0.508 e. The normalized spacial score (nSPS) is 25.9. The number of likely N-dealkylation sites (N-methyl/N-ethyl adjacent to an activating group) is 1. The van der Waals surface area contributed by atoms with Crippen LogP contribution in [0.3, 0.4) is 0 Å². The summed E-state index contributed by atoms with van der Waals surface area (Å²) in [6, 6.07) is 0.397. The predicted molar refractivity (Wildman–Crippen MR) is 156 cm³/mol. The molecule has 1 aromatic carbocycles. The molecule has 0 aromatic heterocycles. The van der Waals surface area contributed by atoms with Gasteiger partial charge in [0.05, 0.1) is 17.7 Å². The number of carbonyl (C=O) groups is 3. The average Bonchev–Trinajstić information content (AvgIpc) is 2.86. The van der Waals surface area contributed by atoms with Gasteiger partial charge < -0.3 is 30.9 Å². The van der Waals surface area contributed by atoms with Gasteiger partial charge in [0.25, 0.3) is 5.91 Å². The molecule has 6 N–H and O–H groups in total. The van der Waals surface area contributed by atoms with E-state index in [1.165, 1.54) is 11.0 Å². The van der Waals surface area contributed by atoms with Crippen LogP contribution in [0.25, 0.3) is 5.76 Å². The predicted octanol–water partition coefficient (Wildman–Crippen LogP) is 2.23. The van der Waals surface area contributed by atoms with Crippen LogP contribution in [-0.2, 0) is 27.3 Å². The molecule has 1 aromatic rings. The summed E-state index contributed by atoms with van der Waals surface area (Å²) in [6.45, 7) is 12.2. The molecule has 4 atom stereocenters. The van der Waals surface area contributed by atoms with Crippen LogP contribution in [0.4, 0.5) is 0 Å². The molecule has 0 bridgehead atoms. The minimum Gasteiger partial charge on any atom is -0.508 e. The van der Waals surface area contributed by atoms with Crippen molar-refractivity contribution in [1.82, 2.24) is 9.80 Å². The van der Waals surface area contributed by atoms with Gasteiger partial charge in [-0.15, -0.1) is 0 Å². The van der Waals surface area contributed by atoms with Gasteiger partial charge in [0, 0.05) is 35.7 Å². The first kappa shape index (κ1) is 31.5.